The number of aromatic nitrogens is 1. The van der Waals surface area contributed by atoms with Crippen molar-refractivity contribution in [2.75, 3.05) is 7.11 Å². The van der Waals surface area contributed by atoms with Crippen LogP contribution in [0.4, 0.5) is 4.39 Å². The maximum absolute atomic E-state index is 14.7. The Labute approximate surface area is 148 Å². The van der Waals surface area contributed by atoms with Crippen molar-refractivity contribution in [1.29, 1.82) is 0 Å². The number of rotatable bonds is 4. The molecule has 1 fully saturated rings. The Morgan fingerprint density at radius 2 is 2.20 bits per heavy atom. The average molecular weight is 363 g/mol. The van der Waals surface area contributed by atoms with Crippen molar-refractivity contribution >= 4 is 23.1 Å². The zero-order chi connectivity index (χ0) is 17.6. The normalized spacial score (nSPS) is 18.3. The molecule has 0 bridgehead atoms. The van der Waals surface area contributed by atoms with Crippen molar-refractivity contribution in [3.63, 3.8) is 0 Å². The minimum atomic E-state index is -0.448. The fourth-order valence-electron chi connectivity index (χ4n) is 3.34. The number of halogens is 2. The number of carbonyl (C=O) groups is 1. The first-order valence-electron chi connectivity index (χ1n) is 8.22. The molecule has 0 saturated heterocycles. The topological polar surface area (TPSA) is 64.7 Å². The zero-order valence-electron chi connectivity index (χ0n) is 13.6. The molecule has 130 valence electrons. The van der Waals surface area contributed by atoms with E-state index < -0.39 is 5.82 Å². The molecule has 1 heterocycles. The van der Waals surface area contributed by atoms with E-state index >= 15 is 0 Å². The second-order valence-corrected chi connectivity index (χ2v) is 6.73. The minimum Gasteiger partial charge on any atom is -0.399 e. The van der Waals surface area contributed by atoms with Gasteiger partial charge in [-0.3, -0.25) is 4.79 Å². The molecule has 1 saturated carbocycles. The second-order valence-electron chi connectivity index (χ2n) is 6.35. The van der Waals surface area contributed by atoms with Crippen molar-refractivity contribution in [3.8, 4) is 0 Å². The van der Waals surface area contributed by atoms with Gasteiger partial charge in [-0.05, 0) is 43.7 Å². The summed E-state index contributed by atoms with van der Waals surface area (Å²) in [4.78, 5) is 17.8. The third-order valence-corrected chi connectivity index (χ3v) is 5.08. The van der Waals surface area contributed by atoms with E-state index in [1.165, 1.54) is 19.4 Å². The lowest BCUT2D eigenvalue weighted by Gasteiger charge is -2.21. The highest BCUT2D eigenvalue weighted by Crippen LogP contribution is 2.43. The van der Waals surface area contributed by atoms with Crippen molar-refractivity contribution in [2.24, 2.45) is 5.16 Å². The van der Waals surface area contributed by atoms with Gasteiger partial charge in [-0.25, -0.2) is 4.39 Å². The molecule has 2 aliphatic carbocycles. The van der Waals surface area contributed by atoms with Crippen LogP contribution in [-0.2, 0) is 11.3 Å². The van der Waals surface area contributed by atoms with Gasteiger partial charge < -0.3 is 9.36 Å². The fraction of sp³-hybridized carbons (Fsp3) is 0.389. The fourth-order valence-corrected chi connectivity index (χ4v) is 3.70. The zero-order valence-corrected chi connectivity index (χ0v) is 14.4. The summed E-state index contributed by atoms with van der Waals surface area (Å²) in [6, 6.07) is 1.21. The van der Waals surface area contributed by atoms with E-state index in [1.54, 1.807) is 0 Å². The molecule has 0 amide bonds. The first-order chi connectivity index (χ1) is 12.1. The molecule has 0 radical (unpaired) electrons. The molecule has 2 aromatic rings. The first-order valence-corrected chi connectivity index (χ1v) is 8.60. The summed E-state index contributed by atoms with van der Waals surface area (Å²) in [6.07, 6.45) is 5.25. The van der Waals surface area contributed by atoms with Crippen LogP contribution in [0.15, 0.2) is 21.9 Å². The van der Waals surface area contributed by atoms with Gasteiger partial charge in [0.25, 0.3) is 0 Å². The molecule has 5 nitrogen and oxygen atoms in total. The second kappa shape index (κ2) is 6.26. The average Bonchev–Trinajstić information content (AvgIpc) is 3.34. The van der Waals surface area contributed by atoms with Gasteiger partial charge in [0.1, 0.15) is 12.9 Å². The summed E-state index contributed by atoms with van der Waals surface area (Å²) in [6.45, 7) is 0. The van der Waals surface area contributed by atoms with Crippen molar-refractivity contribution in [3.05, 3.63) is 51.1 Å². The Kier molecular flexibility index (Phi) is 4.07. The largest absolute Gasteiger partial charge is 0.399 e. The van der Waals surface area contributed by atoms with Crippen LogP contribution in [0.3, 0.4) is 0 Å². The highest BCUT2D eigenvalue weighted by molar-refractivity contribution is 6.38. The number of oxime groups is 1. The molecule has 1 aromatic carbocycles. The molecule has 25 heavy (non-hydrogen) atoms. The van der Waals surface area contributed by atoms with Gasteiger partial charge in [0.2, 0.25) is 0 Å². The Bertz CT molecular complexity index is 887. The summed E-state index contributed by atoms with van der Waals surface area (Å²) in [7, 11) is 1.43. The summed E-state index contributed by atoms with van der Waals surface area (Å²) in [5.41, 5.74) is 1.98. The number of hydrogen-bond donors (Lipinski definition) is 0. The quantitative estimate of drug-likeness (QED) is 0.602. The predicted octanol–water partition coefficient (Wildman–Crippen LogP) is 4.26. The van der Waals surface area contributed by atoms with Gasteiger partial charge in [0.15, 0.2) is 11.5 Å². The van der Waals surface area contributed by atoms with Crippen molar-refractivity contribution < 1.29 is 18.5 Å². The molecule has 0 spiro atoms. The van der Waals surface area contributed by atoms with Crippen LogP contribution in [0.25, 0.3) is 0 Å². The Balaban J connectivity index is 1.84. The summed E-state index contributed by atoms with van der Waals surface area (Å²) >= 11 is 6.51. The smallest absolute Gasteiger partial charge is 0.199 e. The van der Waals surface area contributed by atoms with E-state index in [4.69, 9.17) is 21.0 Å². The molecule has 0 atom stereocenters. The van der Waals surface area contributed by atoms with E-state index in [-0.39, 0.29) is 22.3 Å². The summed E-state index contributed by atoms with van der Waals surface area (Å²) in [5.74, 6) is -0.0499. The lowest BCUT2D eigenvalue weighted by Crippen LogP contribution is -2.17. The van der Waals surface area contributed by atoms with E-state index in [2.05, 4.69) is 10.3 Å². The third kappa shape index (κ3) is 2.74. The SMILES string of the molecule is CO/N=C1/CCCc2c(F)cc(C(=O)c3cnoc3C3CC3)c(Cl)c21. The molecule has 0 aliphatic heterocycles. The number of ketones is 1. The molecule has 2 aliphatic rings. The molecular formula is C18H16ClFN2O3. The standard InChI is InChI=1S/C18H16ClFN2O3/c1-24-22-14-4-2-3-10-13(20)7-11(16(19)15(10)14)17(23)12-8-21-25-18(12)9-5-6-9/h7-9H,2-6H2,1H3/b22-14-. The van der Waals surface area contributed by atoms with Crippen LogP contribution in [0.5, 0.6) is 0 Å². The maximum atomic E-state index is 14.7. The van der Waals surface area contributed by atoms with Crippen LogP contribution >= 0.6 is 11.6 Å². The molecule has 0 N–H and O–H groups in total. The van der Waals surface area contributed by atoms with Gasteiger partial charge in [-0.1, -0.05) is 21.9 Å². The van der Waals surface area contributed by atoms with Crippen LogP contribution in [0, 0.1) is 5.82 Å². The minimum absolute atomic E-state index is 0.105. The van der Waals surface area contributed by atoms with Crippen LogP contribution in [0.2, 0.25) is 5.02 Å². The highest BCUT2D eigenvalue weighted by Gasteiger charge is 2.34. The van der Waals surface area contributed by atoms with Crippen LogP contribution < -0.4 is 0 Å². The Hall–Kier alpha value is -2.21. The predicted molar refractivity (Wildman–Crippen MR) is 89.8 cm³/mol. The van der Waals surface area contributed by atoms with Crippen LogP contribution in [0.1, 0.15) is 64.4 Å². The summed E-state index contributed by atoms with van der Waals surface area (Å²) < 4.78 is 19.9. The third-order valence-electron chi connectivity index (χ3n) is 4.68. The van der Waals surface area contributed by atoms with Gasteiger partial charge >= 0.3 is 0 Å². The number of nitrogens with zero attached hydrogens (tertiary/aromatic N) is 2. The van der Waals surface area contributed by atoms with Crippen molar-refractivity contribution in [2.45, 2.75) is 38.0 Å². The lowest BCUT2D eigenvalue weighted by molar-refractivity contribution is 0.103. The number of benzene rings is 1. The molecule has 4 rings (SSSR count). The monoisotopic (exact) mass is 362 g/mol. The maximum Gasteiger partial charge on any atom is 0.199 e. The van der Waals surface area contributed by atoms with Gasteiger partial charge in [0.05, 0.1) is 22.5 Å². The van der Waals surface area contributed by atoms with E-state index in [0.717, 1.165) is 19.3 Å². The molecule has 7 heteroatoms. The highest BCUT2D eigenvalue weighted by atomic mass is 35.5. The lowest BCUT2D eigenvalue weighted by atomic mass is 9.87. The van der Waals surface area contributed by atoms with Gasteiger partial charge in [-0.2, -0.15) is 0 Å². The van der Waals surface area contributed by atoms with E-state index in [0.29, 0.717) is 41.0 Å². The van der Waals surface area contributed by atoms with Gasteiger partial charge in [0, 0.05) is 17.0 Å². The first kappa shape index (κ1) is 16.3. The molecular weight excluding hydrogens is 347 g/mol. The van der Waals surface area contributed by atoms with Crippen molar-refractivity contribution in [1.82, 2.24) is 5.16 Å². The number of fused-ring (bicyclic) bond motifs is 1. The van der Waals surface area contributed by atoms with Gasteiger partial charge in [-0.15, -0.1) is 0 Å². The van der Waals surface area contributed by atoms with Crippen LogP contribution in [-0.4, -0.2) is 23.8 Å². The number of carbonyl (C=O) groups excluding carboxylic acids is 1. The summed E-state index contributed by atoms with van der Waals surface area (Å²) in [5, 5.41) is 7.91. The van der Waals surface area contributed by atoms with E-state index in [9.17, 15) is 9.18 Å². The Morgan fingerprint density at radius 3 is 2.92 bits per heavy atom. The molecule has 0 unspecified atom stereocenters. The number of hydrogen-bond acceptors (Lipinski definition) is 5. The Morgan fingerprint density at radius 1 is 1.40 bits per heavy atom. The van der Waals surface area contributed by atoms with E-state index in [1.807, 2.05) is 0 Å². The molecule has 1 aromatic heterocycles.